The first-order valence-electron chi connectivity index (χ1n) is 9.02. The molecular weight excluding hydrogens is 318 g/mol. The van der Waals surface area contributed by atoms with E-state index in [0.717, 1.165) is 18.7 Å². The predicted molar refractivity (Wildman–Crippen MR) is 99.3 cm³/mol. The van der Waals surface area contributed by atoms with Crippen molar-refractivity contribution in [3.63, 3.8) is 0 Å². The van der Waals surface area contributed by atoms with Gasteiger partial charge in [-0.25, -0.2) is 4.79 Å². The molecule has 25 heavy (non-hydrogen) atoms. The van der Waals surface area contributed by atoms with E-state index in [4.69, 9.17) is 9.47 Å². The number of methoxy groups -OCH3 is 2. The van der Waals surface area contributed by atoms with E-state index in [1.807, 2.05) is 12.1 Å². The third-order valence-corrected chi connectivity index (χ3v) is 4.50. The van der Waals surface area contributed by atoms with Gasteiger partial charge in [-0.2, -0.15) is 0 Å². The van der Waals surface area contributed by atoms with Crippen LogP contribution < -0.4 is 20.1 Å². The number of nitrogens with one attached hydrogen (secondary N) is 2. The first-order valence-corrected chi connectivity index (χ1v) is 9.02. The van der Waals surface area contributed by atoms with E-state index in [0.29, 0.717) is 30.5 Å². The Kier molecular flexibility index (Phi) is 7.37. The zero-order valence-corrected chi connectivity index (χ0v) is 15.8. The normalized spacial score (nSPS) is 15.9. The number of rotatable bonds is 8. The van der Waals surface area contributed by atoms with Crippen LogP contribution in [-0.2, 0) is 0 Å². The molecule has 2 amide bonds. The SMILES string of the molecule is COc1ccc(C(CNC(=O)NCC(C)C)N2CCCC2)cc1OC. The number of likely N-dealkylation sites (tertiary alicyclic amines) is 1. The van der Waals surface area contributed by atoms with Crippen molar-refractivity contribution >= 4 is 6.03 Å². The Morgan fingerprint density at radius 3 is 2.32 bits per heavy atom. The van der Waals surface area contributed by atoms with E-state index in [2.05, 4.69) is 35.4 Å². The summed E-state index contributed by atoms with van der Waals surface area (Å²) in [5.74, 6) is 1.87. The third kappa shape index (κ3) is 5.53. The van der Waals surface area contributed by atoms with Crippen molar-refractivity contribution in [1.82, 2.24) is 15.5 Å². The number of hydrogen-bond acceptors (Lipinski definition) is 4. The summed E-state index contributed by atoms with van der Waals surface area (Å²) in [7, 11) is 3.28. The molecule has 1 saturated heterocycles. The molecule has 2 N–H and O–H groups in total. The second-order valence-corrected chi connectivity index (χ2v) is 6.86. The number of urea groups is 1. The highest BCUT2D eigenvalue weighted by atomic mass is 16.5. The Bertz CT molecular complexity index is 557. The maximum atomic E-state index is 12.0. The quantitative estimate of drug-likeness (QED) is 0.757. The summed E-state index contributed by atoms with van der Waals surface area (Å²) < 4.78 is 10.8. The molecular formula is C19H31N3O3. The largest absolute Gasteiger partial charge is 0.493 e. The number of ether oxygens (including phenoxy) is 2. The summed E-state index contributed by atoms with van der Waals surface area (Å²) in [4.78, 5) is 14.5. The van der Waals surface area contributed by atoms with Gasteiger partial charge >= 0.3 is 6.03 Å². The fraction of sp³-hybridized carbons (Fsp3) is 0.632. The molecule has 1 unspecified atom stereocenters. The van der Waals surface area contributed by atoms with Gasteiger partial charge in [-0.15, -0.1) is 0 Å². The van der Waals surface area contributed by atoms with Crippen molar-refractivity contribution < 1.29 is 14.3 Å². The van der Waals surface area contributed by atoms with Crippen LogP contribution in [0.5, 0.6) is 11.5 Å². The van der Waals surface area contributed by atoms with Gasteiger partial charge in [-0.3, -0.25) is 4.90 Å². The summed E-state index contributed by atoms with van der Waals surface area (Å²) in [6.45, 7) is 7.51. The van der Waals surface area contributed by atoms with E-state index in [9.17, 15) is 4.79 Å². The Hall–Kier alpha value is -1.95. The van der Waals surface area contributed by atoms with E-state index in [-0.39, 0.29) is 12.1 Å². The molecule has 1 fully saturated rings. The number of hydrogen-bond donors (Lipinski definition) is 2. The molecule has 0 aromatic heterocycles. The second-order valence-electron chi connectivity index (χ2n) is 6.86. The van der Waals surface area contributed by atoms with Crippen LogP contribution >= 0.6 is 0 Å². The third-order valence-electron chi connectivity index (χ3n) is 4.50. The first-order chi connectivity index (χ1) is 12.0. The smallest absolute Gasteiger partial charge is 0.314 e. The number of carbonyl (C=O) groups excluding carboxylic acids is 1. The Morgan fingerprint density at radius 1 is 1.08 bits per heavy atom. The van der Waals surface area contributed by atoms with Crippen molar-refractivity contribution in [2.24, 2.45) is 5.92 Å². The summed E-state index contributed by atoms with van der Waals surface area (Å²) in [5, 5.41) is 5.92. The number of benzene rings is 1. The van der Waals surface area contributed by atoms with Crippen LogP contribution in [0.15, 0.2) is 18.2 Å². The Labute approximate surface area is 150 Å². The molecule has 1 aromatic rings. The van der Waals surface area contributed by atoms with Gasteiger partial charge < -0.3 is 20.1 Å². The average molecular weight is 349 g/mol. The van der Waals surface area contributed by atoms with Crippen molar-refractivity contribution in [2.75, 3.05) is 40.4 Å². The van der Waals surface area contributed by atoms with Gasteiger partial charge in [-0.05, 0) is 49.5 Å². The van der Waals surface area contributed by atoms with Crippen LogP contribution in [0.25, 0.3) is 0 Å². The lowest BCUT2D eigenvalue weighted by Crippen LogP contribution is -2.42. The standard InChI is InChI=1S/C19H31N3O3/c1-14(2)12-20-19(23)21-13-16(22-9-5-6-10-22)15-7-8-17(24-3)18(11-15)25-4/h7-8,11,14,16H,5-6,9-10,12-13H2,1-4H3,(H2,20,21,23). The Balaban J connectivity index is 2.09. The summed E-state index contributed by atoms with van der Waals surface area (Å²) in [5.41, 5.74) is 1.13. The van der Waals surface area contributed by atoms with E-state index >= 15 is 0 Å². The van der Waals surface area contributed by atoms with Gasteiger partial charge in [0.15, 0.2) is 11.5 Å². The van der Waals surface area contributed by atoms with Crippen LogP contribution in [0.1, 0.15) is 38.3 Å². The van der Waals surface area contributed by atoms with Gasteiger partial charge in [0.25, 0.3) is 0 Å². The highest BCUT2D eigenvalue weighted by Gasteiger charge is 2.25. The molecule has 0 radical (unpaired) electrons. The van der Waals surface area contributed by atoms with E-state index in [1.165, 1.54) is 12.8 Å². The number of amides is 2. The van der Waals surface area contributed by atoms with Gasteiger partial charge in [0.05, 0.1) is 20.3 Å². The lowest BCUT2D eigenvalue weighted by Gasteiger charge is -2.28. The second kappa shape index (κ2) is 9.51. The van der Waals surface area contributed by atoms with Crippen LogP contribution in [0.3, 0.4) is 0 Å². The fourth-order valence-electron chi connectivity index (χ4n) is 3.12. The molecule has 6 heteroatoms. The van der Waals surface area contributed by atoms with Crippen LogP contribution in [0.4, 0.5) is 4.79 Å². The molecule has 1 aliphatic heterocycles. The molecule has 0 aliphatic carbocycles. The molecule has 0 saturated carbocycles. The van der Waals surface area contributed by atoms with Crippen LogP contribution in [0.2, 0.25) is 0 Å². The van der Waals surface area contributed by atoms with Gasteiger partial charge in [0, 0.05) is 13.1 Å². The van der Waals surface area contributed by atoms with Gasteiger partial charge in [0.1, 0.15) is 0 Å². The molecule has 2 rings (SSSR count). The maximum absolute atomic E-state index is 12.0. The molecule has 6 nitrogen and oxygen atoms in total. The lowest BCUT2D eigenvalue weighted by atomic mass is 10.0. The zero-order valence-electron chi connectivity index (χ0n) is 15.8. The van der Waals surface area contributed by atoms with Gasteiger partial charge in [-0.1, -0.05) is 19.9 Å². The lowest BCUT2D eigenvalue weighted by molar-refractivity contribution is 0.219. The van der Waals surface area contributed by atoms with Crippen LogP contribution in [0, 0.1) is 5.92 Å². The molecule has 1 heterocycles. The van der Waals surface area contributed by atoms with Gasteiger partial charge in [0.2, 0.25) is 0 Å². The van der Waals surface area contributed by atoms with Crippen molar-refractivity contribution in [3.8, 4) is 11.5 Å². The first kappa shape index (κ1) is 19.4. The monoisotopic (exact) mass is 349 g/mol. The highest BCUT2D eigenvalue weighted by molar-refractivity contribution is 5.73. The zero-order chi connectivity index (χ0) is 18.2. The Morgan fingerprint density at radius 2 is 1.72 bits per heavy atom. The molecule has 1 aliphatic rings. The van der Waals surface area contributed by atoms with Crippen LogP contribution in [-0.4, -0.2) is 51.3 Å². The van der Waals surface area contributed by atoms with Crippen molar-refractivity contribution in [1.29, 1.82) is 0 Å². The van der Waals surface area contributed by atoms with Crippen molar-refractivity contribution in [3.05, 3.63) is 23.8 Å². The molecule has 0 bridgehead atoms. The van der Waals surface area contributed by atoms with E-state index < -0.39 is 0 Å². The summed E-state index contributed by atoms with van der Waals surface area (Å²) in [6.07, 6.45) is 2.40. The summed E-state index contributed by atoms with van der Waals surface area (Å²) >= 11 is 0. The molecule has 1 atom stereocenters. The minimum Gasteiger partial charge on any atom is -0.493 e. The molecule has 1 aromatic carbocycles. The minimum absolute atomic E-state index is 0.113. The molecule has 140 valence electrons. The van der Waals surface area contributed by atoms with E-state index in [1.54, 1.807) is 14.2 Å². The highest BCUT2D eigenvalue weighted by Crippen LogP contribution is 2.32. The predicted octanol–water partition coefficient (Wildman–Crippen LogP) is 2.80. The molecule has 0 spiro atoms. The number of carbonyl (C=O) groups is 1. The maximum Gasteiger partial charge on any atom is 0.314 e. The van der Waals surface area contributed by atoms with Crippen molar-refractivity contribution in [2.45, 2.75) is 32.7 Å². The number of nitrogens with zero attached hydrogens (tertiary/aromatic N) is 1. The average Bonchev–Trinajstić information content (AvgIpc) is 3.14. The summed E-state index contributed by atoms with van der Waals surface area (Å²) in [6, 6.07) is 6.01. The topological polar surface area (TPSA) is 62.8 Å². The fourth-order valence-corrected chi connectivity index (χ4v) is 3.12. The minimum atomic E-state index is -0.113.